The average Bonchev–Trinajstić information content (AvgIpc) is 2.99. The number of hydrogen-bond donors (Lipinski definition) is 1. The molecule has 5 heteroatoms. The molecular formula is C42H43IrN2O2-. The summed E-state index contributed by atoms with van der Waals surface area (Å²) in [5.41, 5.74) is 6.99. The molecule has 0 unspecified atom stereocenters. The maximum atomic E-state index is 11.5. The fourth-order valence-corrected chi connectivity index (χ4v) is 6.22. The van der Waals surface area contributed by atoms with E-state index in [0.29, 0.717) is 0 Å². The second-order valence-corrected chi connectivity index (χ2v) is 15.3. The van der Waals surface area contributed by atoms with Gasteiger partial charge in [0.05, 0.1) is 0 Å². The van der Waals surface area contributed by atoms with Crippen molar-refractivity contribution in [2.75, 3.05) is 0 Å². The molecule has 1 aliphatic rings. The van der Waals surface area contributed by atoms with Crippen LogP contribution in [0.25, 0.3) is 54.5 Å². The quantitative estimate of drug-likeness (QED) is 0.0779. The van der Waals surface area contributed by atoms with E-state index in [1.807, 2.05) is 59.9 Å². The van der Waals surface area contributed by atoms with Crippen LogP contribution in [0, 0.1) is 30.7 Å². The van der Waals surface area contributed by atoms with E-state index < -0.39 is 5.41 Å². The van der Waals surface area contributed by atoms with Crippen LogP contribution in [0.3, 0.4) is 0 Å². The van der Waals surface area contributed by atoms with Gasteiger partial charge in [0.25, 0.3) is 0 Å². The van der Waals surface area contributed by atoms with Crippen molar-refractivity contribution in [3.8, 4) is 11.3 Å². The Morgan fingerprint density at radius 2 is 1.51 bits per heavy atom. The maximum Gasteiger partial charge on any atom is 0.164 e. The van der Waals surface area contributed by atoms with E-state index in [-0.39, 0.29) is 42.5 Å². The van der Waals surface area contributed by atoms with E-state index in [4.69, 9.17) is 9.97 Å². The molecule has 6 aromatic rings. The van der Waals surface area contributed by atoms with Crippen LogP contribution in [-0.4, -0.2) is 20.9 Å². The Balaban J connectivity index is 0.000000267. The molecule has 0 saturated heterocycles. The van der Waals surface area contributed by atoms with Gasteiger partial charge in [0.2, 0.25) is 0 Å². The van der Waals surface area contributed by atoms with Gasteiger partial charge in [0.15, 0.2) is 5.78 Å². The van der Waals surface area contributed by atoms with Gasteiger partial charge in [-0.3, -0.25) is 9.78 Å². The normalized spacial score (nSPS) is 14.0. The molecule has 47 heavy (non-hydrogen) atoms. The largest absolute Gasteiger partial charge is 0.512 e. The average molecular weight is 800 g/mol. The van der Waals surface area contributed by atoms with Crippen molar-refractivity contribution in [3.05, 3.63) is 107 Å². The first-order valence-electron chi connectivity index (χ1n) is 16.0. The Labute approximate surface area is 291 Å². The zero-order valence-corrected chi connectivity index (χ0v) is 31.4. The molecule has 243 valence electrons. The second-order valence-electron chi connectivity index (χ2n) is 15.3. The molecule has 0 saturated carbocycles. The molecule has 0 amide bonds. The molecule has 4 aromatic carbocycles. The van der Waals surface area contributed by atoms with Gasteiger partial charge in [-0.15, -0.1) is 12.1 Å². The third-order valence-corrected chi connectivity index (χ3v) is 9.39. The molecule has 1 radical (unpaired) electrons. The van der Waals surface area contributed by atoms with Crippen LogP contribution >= 0.6 is 0 Å². The minimum absolute atomic E-state index is 0. The Morgan fingerprint density at radius 3 is 2.19 bits per heavy atom. The number of aliphatic hydroxyl groups excluding tert-OH is 1. The number of benzene rings is 4. The molecule has 2 heterocycles. The fourth-order valence-electron chi connectivity index (χ4n) is 6.22. The summed E-state index contributed by atoms with van der Waals surface area (Å²) < 4.78 is 0. The number of ketones is 1. The predicted molar refractivity (Wildman–Crippen MR) is 193 cm³/mol. The van der Waals surface area contributed by atoms with Gasteiger partial charge < -0.3 is 10.1 Å². The van der Waals surface area contributed by atoms with Gasteiger partial charge in [0.1, 0.15) is 5.76 Å². The van der Waals surface area contributed by atoms with Crippen molar-refractivity contribution < 1.29 is 30.0 Å². The van der Waals surface area contributed by atoms with E-state index in [0.717, 1.165) is 27.9 Å². The van der Waals surface area contributed by atoms with Crippen molar-refractivity contribution in [1.29, 1.82) is 0 Å². The number of carbonyl (C=O) groups is 1. The van der Waals surface area contributed by atoms with Crippen LogP contribution in [0.1, 0.15) is 77.8 Å². The number of aliphatic hydroxyl groups is 1. The summed E-state index contributed by atoms with van der Waals surface area (Å²) in [6, 6.07) is 25.7. The van der Waals surface area contributed by atoms with E-state index in [1.54, 1.807) is 0 Å². The van der Waals surface area contributed by atoms with Crippen molar-refractivity contribution >= 4 is 49.0 Å². The van der Waals surface area contributed by atoms with Gasteiger partial charge in [-0.1, -0.05) is 115 Å². The van der Waals surface area contributed by atoms with Gasteiger partial charge in [-0.05, 0) is 80.1 Å². The van der Waals surface area contributed by atoms with Crippen molar-refractivity contribution in [2.24, 2.45) is 10.8 Å². The number of hydrogen-bond acceptors (Lipinski definition) is 4. The summed E-state index contributed by atoms with van der Waals surface area (Å²) in [5, 5.41) is 18.3. The SMILES string of the molecule is CC(C)(C)C(=O)/C=C(\O)C(C)(C)C.Cc1cc2ccc3c4ccnc5c4c(cc3c2cc1C)C(C)(C)c1nc2ccccc2[c-]c1-5.[Ir]. The van der Waals surface area contributed by atoms with E-state index in [1.165, 1.54) is 55.1 Å². The van der Waals surface area contributed by atoms with Crippen molar-refractivity contribution in [1.82, 2.24) is 9.97 Å². The molecule has 0 atom stereocenters. The summed E-state index contributed by atoms with van der Waals surface area (Å²) >= 11 is 0. The van der Waals surface area contributed by atoms with Crippen LogP contribution in [0.2, 0.25) is 0 Å². The van der Waals surface area contributed by atoms with Crippen LogP contribution in [0.5, 0.6) is 0 Å². The molecule has 0 fully saturated rings. The molecule has 1 N–H and O–H groups in total. The molecule has 7 rings (SSSR count). The van der Waals surface area contributed by atoms with Crippen molar-refractivity contribution in [2.45, 2.75) is 74.7 Å². The molecule has 2 aromatic heterocycles. The third-order valence-electron chi connectivity index (χ3n) is 9.39. The molecule has 0 spiro atoms. The van der Waals surface area contributed by atoms with Gasteiger partial charge in [-0.25, -0.2) is 0 Å². The van der Waals surface area contributed by atoms with Crippen molar-refractivity contribution in [3.63, 3.8) is 0 Å². The summed E-state index contributed by atoms with van der Waals surface area (Å²) in [4.78, 5) is 21.5. The van der Waals surface area contributed by atoms with Crippen LogP contribution in [0.15, 0.2) is 78.7 Å². The molecule has 1 aliphatic carbocycles. The first-order chi connectivity index (χ1) is 21.5. The Morgan fingerprint density at radius 1 is 0.830 bits per heavy atom. The maximum absolute atomic E-state index is 11.5. The number of nitrogens with zero attached hydrogens (tertiary/aromatic N) is 2. The number of allylic oxidation sites excluding steroid dienone is 2. The zero-order valence-electron chi connectivity index (χ0n) is 29.0. The summed E-state index contributed by atoms with van der Waals surface area (Å²) in [6.45, 7) is 20.1. The number of aromatic nitrogens is 2. The molecule has 0 aliphatic heterocycles. The number of para-hydroxylation sites is 1. The van der Waals surface area contributed by atoms with Gasteiger partial charge in [-0.2, -0.15) is 0 Å². The first kappa shape index (κ1) is 34.4. The predicted octanol–water partition coefficient (Wildman–Crippen LogP) is 10.9. The minimum atomic E-state index is -0.417. The Kier molecular flexibility index (Phi) is 8.75. The first-order valence-corrected chi connectivity index (χ1v) is 16.0. The molecular weight excluding hydrogens is 757 g/mol. The number of aryl methyl sites for hydroxylation is 2. The number of pyridine rings is 2. The fraction of sp³-hybridized carbons (Fsp3) is 0.310. The summed E-state index contributed by atoms with van der Waals surface area (Å²) in [7, 11) is 0. The topological polar surface area (TPSA) is 63.1 Å². The Bertz CT molecular complexity index is 2250. The van der Waals surface area contributed by atoms with E-state index in [2.05, 4.69) is 82.3 Å². The number of fused-ring (bicyclic) bond motifs is 7. The molecule has 4 nitrogen and oxygen atoms in total. The number of carbonyl (C=O) groups excluding carboxylic acids is 1. The minimum Gasteiger partial charge on any atom is -0.512 e. The standard InChI is InChI=1S/C31H23N2.C11H20O2.Ir/c1-17-13-19-9-10-21-22-11-12-32-29-25-15-20-7-5-6-8-27(20)33-30(25)31(3,4)26(28(22)29)16-24(21)23(19)14-18(17)2;1-10(2,3)8(12)7-9(13)11(4,5)6;/h5-14,16H,1-4H3;7,12H,1-6H3;/q-1;;/b;8-7-;. The monoisotopic (exact) mass is 800 g/mol. The Hall–Kier alpha value is -3.92. The third kappa shape index (κ3) is 6.01. The van der Waals surface area contributed by atoms with E-state index >= 15 is 0 Å². The number of rotatable bonds is 1. The zero-order chi connectivity index (χ0) is 33.3. The summed E-state index contributed by atoms with van der Waals surface area (Å²) in [6.07, 6.45) is 3.27. The van der Waals surface area contributed by atoms with Gasteiger partial charge in [0, 0.05) is 54.3 Å². The van der Waals surface area contributed by atoms with Crippen LogP contribution in [0.4, 0.5) is 0 Å². The molecule has 0 bridgehead atoms. The summed E-state index contributed by atoms with van der Waals surface area (Å²) in [5.74, 6) is 0.104. The smallest absolute Gasteiger partial charge is 0.164 e. The second kappa shape index (κ2) is 12.0. The van der Waals surface area contributed by atoms with Gasteiger partial charge >= 0.3 is 0 Å². The van der Waals surface area contributed by atoms with Crippen LogP contribution < -0.4 is 0 Å². The van der Waals surface area contributed by atoms with Crippen LogP contribution in [-0.2, 0) is 30.3 Å². The van der Waals surface area contributed by atoms with E-state index in [9.17, 15) is 9.90 Å².